The normalized spacial score (nSPS) is 29.7. The van der Waals surface area contributed by atoms with E-state index in [1.54, 1.807) is 0 Å². The van der Waals surface area contributed by atoms with Crippen LogP contribution >= 0.6 is 0 Å². The summed E-state index contributed by atoms with van der Waals surface area (Å²) in [4.78, 5) is 18.1. The topological polar surface area (TPSA) is 47.6 Å². The van der Waals surface area contributed by atoms with Crippen LogP contribution in [0.3, 0.4) is 0 Å². The Morgan fingerprint density at radius 1 is 1.04 bits per heavy atom. The second-order valence-corrected chi connectivity index (χ2v) is 9.02. The van der Waals surface area contributed by atoms with E-state index in [4.69, 9.17) is 0 Å². The van der Waals surface area contributed by atoms with Crippen molar-refractivity contribution in [2.24, 2.45) is 17.8 Å². The Hall–Kier alpha value is -1.43. The van der Waals surface area contributed by atoms with Crippen LogP contribution in [0.4, 0.5) is 0 Å². The van der Waals surface area contributed by atoms with E-state index in [2.05, 4.69) is 44.9 Å². The summed E-state index contributed by atoms with van der Waals surface area (Å²) in [5.41, 5.74) is 9.50. The van der Waals surface area contributed by atoms with Gasteiger partial charge in [-0.3, -0.25) is 15.6 Å². The van der Waals surface area contributed by atoms with Crippen molar-refractivity contribution in [3.05, 3.63) is 35.4 Å². The van der Waals surface area contributed by atoms with Crippen molar-refractivity contribution in [2.75, 3.05) is 32.7 Å². The van der Waals surface area contributed by atoms with Crippen LogP contribution in [0.2, 0.25) is 0 Å². The zero-order chi connectivity index (χ0) is 18.2. The molecule has 2 saturated heterocycles. The molecule has 2 N–H and O–H groups in total. The van der Waals surface area contributed by atoms with Crippen LogP contribution in [0.25, 0.3) is 0 Å². The van der Waals surface area contributed by atoms with Gasteiger partial charge in [0.2, 0.25) is 5.91 Å². The van der Waals surface area contributed by atoms with Crippen LogP contribution in [-0.4, -0.2) is 54.5 Å². The van der Waals surface area contributed by atoms with Gasteiger partial charge in [-0.1, -0.05) is 24.3 Å². The van der Waals surface area contributed by atoms with Gasteiger partial charge in [0, 0.05) is 32.2 Å². The smallest absolute Gasteiger partial charge is 0.228 e. The van der Waals surface area contributed by atoms with Crippen LogP contribution in [-0.2, 0) is 17.8 Å². The lowest BCUT2D eigenvalue weighted by atomic mass is 9.82. The first-order valence-electron chi connectivity index (χ1n) is 10.8. The second-order valence-electron chi connectivity index (χ2n) is 9.02. The minimum absolute atomic E-state index is 0.0789. The van der Waals surface area contributed by atoms with Crippen LogP contribution in [0, 0.1) is 17.8 Å². The molecule has 3 fully saturated rings. The Bertz CT molecular complexity index is 681. The first-order valence-corrected chi connectivity index (χ1v) is 10.8. The lowest BCUT2D eigenvalue weighted by molar-refractivity contribution is -0.137. The number of piperidine rings is 1. The number of rotatable bonds is 4. The van der Waals surface area contributed by atoms with Gasteiger partial charge in [0.15, 0.2) is 0 Å². The van der Waals surface area contributed by atoms with E-state index in [1.165, 1.54) is 56.4 Å². The third kappa shape index (κ3) is 3.78. The van der Waals surface area contributed by atoms with Crippen molar-refractivity contribution >= 4 is 5.91 Å². The van der Waals surface area contributed by atoms with E-state index < -0.39 is 0 Å². The van der Waals surface area contributed by atoms with Crippen molar-refractivity contribution < 1.29 is 4.79 Å². The average molecular weight is 369 g/mol. The van der Waals surface area contributed by atoms with Crippen molar-refractivity contribution in [2.45, 2.75) is 44.7 Å². The molecule has 2 unspecified atom stereocenters. The van der Waals surface area contributed by atoms with Gasteiger partial charge in [0.25, 0.3) is 0 Å². The molecule has 27 heavy (non-hydrogen) atoms. The minimum atomic E-state index is 0.0789. The lowest BCUT2D eigenvalue weighted by Gasteiger charge is -2.38. The number of benzene rings is 1. The van der Waals surface area contributed by atoms with Crippen LogP contribution in [0.15, 0.2) is 24.3 Å². The zero-order valence-electron chi connectivity index (χ0n) is 16.2. The fourth-order valence-corrected chi connectivity index (χ4v) is 5.28. The summed E-state index contributed by atoms with van der Waals surface area (Å²) in [5, 5.41) is 0. The molecule has 1 amide bonds. The second kappa shape index (κ2) is 7.53. The quantitative estimate of drug-likeness (QED) is 0.851. The molecule has 0 bridgehead atoms. The van der Waals surface area contributed by atoms with E-state index in [1.807, 2.05) is 0 Å². The number of amides is 1. The Morgan fingerprint density at radius 2 is 1.81 bits per heavy atom. The number of nitrogens with zero attached hydrogens (tertiary/aromatic N) is 2. The van der Waals surface area contributed by atoms with Crippen LogP contribution < -0.4 is 10.9 Å². The summed E-state index contributed by atoms with van der Waals surface area (Å²) in [6.45, 7) is 6.12. The molecule has 2 atom stereocenters. The number of carbonyl (C=O) groups is 1. The Morgan fingerprint density at radius 3 is 2.59 bits per heavy atom. The van der Waals surface area contributed by atoms with Crippen LogP contribution in [0.1, 0.15) is 36.8 Å². The molecule has 4 aliphatic rings. The molecule has 0 aromatic heterocycles. The molecule has 1 aromatic carbocycles. The van der Waals surface area contributed by atoms with Crippen LogP contribution in [0.5, 0.6) is 0 Å². The third-order valence-corrected chi connectivity index (χ3v) is 7.14. The predicted molar refractivity (Wildman–Crippen MR) is 106 cm³/mol. The highest BCUT2D eigenvalue weighted by Crippen LogP contribution is 2.33. The van der Waals surface area contributed by atoms with Gasteiger partial charge in [-0.25, -0.2) is 0 Å². The van der Waals surface area contributed by atoms with Gasteiger partial charge in [0.05, 0.1) is 5.92 Å². The van der Waals surface area contributed by atoms with Gasteiger partial charge >= 0.3 is 0 Å². The van der Waals surface area contributed by atoms with E-state index in [0.717, 1.165) is 32.0 Å². The monoisotopic (exact) mass is 368 g/mol. The third-order valence-electron chi connectivity index (χ3n) is 7.14. The molecular formula is C22H32N4O. The van der Waals surface area contributed by atoms with Gasteiger partial charge in [-0.2, -0.15) is 0 Å². The van der Waals surface area contributed by atoms with E-state index in [-0.39, 0.29) is 12.0 Å². The van der Waals surface area contributed by atoms with E-state index >= 15 is 0 Å². The number of likely N-dealkylation sites (tertiary alicyclic amines) is 1. The Labute approximate surface area is 162 Å². The SMILES string of the molecule is O=C(C1CNNC1C1CCN(CC2CC2)CC1)N1CCc2ccccc2C1. The first kappa shape index (κ1) is 17.7. The Balaban J connectivity index is 1.20. The molecule has 0 radical (unpaired) electrons. The Kier molecular flexibility index (Phi) is 4.92. The molecule has 5 nitrogen and oxygen atoms in total. The van der Waals surface area contributed by atoms with Gasteiger partial charge < -0.3 is 9.80 Å². The molecule has 1 aliphatic carbocycles. The highest BCUT2D eigenvalue weighted by atomic mass is 16.2. The fourth-order valence-electron chi connectivity index (χ4n) is 5.28. The molecule has 1 aromatic rings. The number of fused-ring (bicyclic) bond motifs is 1. The van der Waals surface area contributed by atoms with E-state index in [9.17, 15) is 4.79 Å². The highest BCUT2D eigenvalue weighted by Gasteiger charge is 2.41. The number of hydrazine groups is 1. The minimum Gasteiger partial charge on any atom is -0.338 e. The van der Waals surface area contributed by atoms with Crippen molar-refractivity contribution in [1.82, 2.24) is 20.7 Å². The summed E-state index contributed by atoms with van der Waals surface area (Å²) >= 11 is 0. The summed E-state index contributed by atoms with van der Waals surface area (Å²) < 4.78 is 0. The molecule has 146 valence electrons. The fraction of sp³-hybridized carbons (Fsp3) is 0.682. The lowest BCUT2D eigenvalue weighted by Crippen LogP contribution is -2.49. The standard InChI is InChI=1S/C22H32N4O/c27-22(26-12-9-17-3-1-2-4-19(17)15-26)20-13-23-24-21(20)18-7-10-25(11-8-18)14-16-5-6-16/h1-4,16,18,20-21,23-24H,5-15H2. The maximum Gasteiger partial charge on any atom is 0.228 e. The highest BCUT2D eigenvalue weighted by molar-refractivity contribution is 5.80. The molecule has 3 aliphatic heterocycles. The van der Waals surface area contributed by atoms with Crippen molar-refractivity contribution in [3.8, 4) is 0 Å². The summed E-state index contributed by atoms with van der Waals surface area (Å²) in [7, 11) is 0. The van der Waals surface area contributed by atoms with Gasteiger partial charge in [-0.15, -0.1) is 0 Å². The molecule has 5 heteroatoms. The molecular weight excluding hydrogens is 336 g/mol. The predicted octanol–water partition coefficient (Wildman–Crippen LogP) is 1.79. The summed E-state index contributed by atoms with van der Waals surface area (Å²) in [5.74, 6) is 2.01. The van der Waals surface area contributed by atoms with Gasteiger partial charge in [0.1, 0.15) is 0 Å². The number of carbonyl (C=O) groups excluding carboxylic acids is 1. The first-order chi connectivity index (χ1) is 13.3. The number of hydrogen-bond donors (Lipinski definition) is 2. The van der Waals surface area contributed by atoms with Crippen molar-refractivity contribution in [3.63, 3.8) is 0 Å². The van der Waals surface area contributed by atoms with Crippen molar-refractivity contribution in [1.29, 1.82) is 0 Å². The summed E-state index contributed by atoms with van der Waals surface area (Å²) in [6.07, 6.45) is 6.30. The summed E-state index contributed by atoms with van der Waals surface area (Å²) in [6, 6.07) is 8.86. The molecule has 5 rings (SSSR count). The molecule has 0 spiro atoms. The maximum atomic E-state index is 13.3. The zero-order valence-corrected chi connectivity index (χ0v) is 16.2. The van der Waals surface area contributed by atoms with E-state index in [0.29, 0.717) is 11.8 Å². The largest absolute Gasteiger partial charge is 0.338 e. The van der Waals surface area contributed by atoms with Gasteiger partial charge in [-0.05, 0) is 68.2 Å². The average Bonchev–Trinajstić information content (AvgIpc) is 3.39. The number of nitrogens with one attached hydrogen (secondary N) is 2. The molecule has 3 heterocycles. The maximum absolute atomic E-state index is 13.3. The number of hydrogen-bond acceptors (Lipinski definition) is 4. The molecule has 1 saturated carbocycles.